The Morgan fingerprint density at radius 2 is 0.608 bits per heavy atom. The number of hydrogen-bond donors (Lipinski definition) is 0. The van der Waals surface area contributed by atoms with Gasteiger partial charge in [-0.25, -0.2) is 15.0 Å². The summed E-state index contributed by atoms with van der Waals surface area (Å²) in [6.45, 7) is 8.18. The van der Waals surface area contributed by atoms with Gasteiger partial charge < -0.3 is 0 Å². The highest BCUT2D eigenvalue weighted by molar-refractivity contribution is 5.96. The van der Waals surface area contributed by atoms with E-state index in [0.29, 0.717) is 17.5 Å². The fraction of sp³-hybridized carbons (Fsp3) is 0.0132. The van der Waals surface area contributed by atoms with E-state index in [1.165, 1.54) is 44.5 Å². The molecule has 2 aliphatic carbocycles. The molecule has 0 amide bonds. The van der Waals surface area contributed by atoms with Crippen LogP contribution < -0.4 is 0 Å². The largest absolute Gasteiger partial charge is 0.208 e. The highest BCUT2D eigenvalue weighted by Gasteiger charge is 2.51. The van der Waals surface area contributed by atoms with Crippen molar-refractivity contribution >= 4 is 5.57 Å². The van der Waals surface area contributed by atoms with E-state index in [9.17, 15) is 0 Å². The van der Waals surface area contributed by atoms with Crippen LogP contribution in [-0.2, 0) is 5.41 Å². The van der Waals surface area contributed by atoms with Gasteiger partial charge in [0.25, 0.3) is 0 Å². The Labute approximate surface area is 461 Å². The molecule has 3 nitrogen and oxygen atoms in total. The van der Waals surface area contributed by atoms with Gasteiger partial charge >= 0.3 is 0 Å². The number of benzene rings is 11. The predicted molar refractivity (Wildman–Crippen MR) is 328 cm³/mol. The molecule has 3 heteroatoms. The van der Waals surface area contributed by atoms with Crippen LogP contribution in [0.4, 0.5) is 0 Å². The Balaban J connectivity index is 0.961. The third-order valence-corrected chi connectivity index (χ3v) is 15.8. The first-order chi connectivity index (χ1) is 39.0. The van der Waals surface area contributed by atoms with E-state index in [2.05, 4.69) is 280 Å². The first kappa shape index (κ1) is 47.1. The van der Waals surface area contributed by atoms with Crippen molar-refractivity contribution in [1.29, 1.82) is 0 Å². The molecule has 2 aliphatic rings. The van der Waals surface area contributed by atoms with Crippen molar-refractivity contribution in [3.63, 3.8) is 0 Å². The molecule has 0 saturated carbocycles. The third kappa shape index (κ3) is 8.19. The molecule has 14 rings (SSSR count). The first-order valence-electron chi connectivity index (χ1n) is 26.9. The number of allylic oxidation sites excluding steroid dienone is 4. The summed E-state index contributed by atoms with van der Waals surface area (Å²) in [6, 6.07) is 96.2. The Hall–Kier alpha value is -10.4. The van der Waals surface area contributed by atoms with Crippen molar-refractivity contribution < 1.29 is 0 Å². The summed E-state index contributed by atoms with van der Waals surface area (Å²) in [6.07, 6.45) is 5.71. The van der Waals surface area contributed by atoms with E-state index in [0.717, 1.165) is 83.5 Å². The SMILES string of the molecule is C=C/C=C(\C=C)c1cc(-c2ccccc2)cc(-c2cccc(-c3nc(-c4cccc(-c5cc(-c6ccccc6)cc(-c6ccccc6)c5)c4)nc(-c4ccc5c(c4)C4(c6ccccc6-c6ccccc64)c4ccccc4-5)n3)c2)c1. The molecule has 0 N–H and O–H groups in total. The standard InChI is InChI=1S/C76H51N3/c1-3-22-50(4-2)59-43-60(51-23-8-5-9-24-51)46-63(44-59)54-29-20-31-56(41-54)73-77-74(57-32-21-30-55(42-57)64-47-61(52-25-10-6-11-26-52)45-62(48-64)53-27-12-7-13-28-53)79-75(78-73)58-39-40-68-67-35-16-19-38-71(67)76(72(68)49-58)69-36-17-14-33-65(69)66-34-15-18-37-70(66)76/h3-49H,1-2H2/b50-22+. The minimum absolute atomic E-state index is 0.525. The highest BCUT2D eigenvalue weighted by Crippen LogP contribution is 2.63. The average Bonchev–Trinajstić information content (AvgIpc) is 2.47. The highest BCUT2D eigenvalue weighted by atomic mass is 15.0. The summed E-state index contributed by atoms with van der Waals surface area (Å²) < 4.78 is 0. The van der Waals surface area contributed by atoms with Gasteiger partial charge in [0, 0.05) is 16.7 Å². The lowest BCUT2D eigenvalue weighted by atomic mass is 9.70. The lowest BCUT2D eigenvalue weighted by molar-refractivity contribution is 0.794. The molecule has 0 aliphatic heterocycles. The van der Waals surface area contributed by atoms with Gasteiger partial charge in [-0.3, -0.25) is 0 Å². The van der Waals surface area contributed by atoms with Gasteiger partial charge in [0.1, 0.15) is 0 Å². The van der Waals surface area contributed by atoms with E-state index >= 15 is 0 Å². The van der Waals surface area contributed by atoms with Crippen LogP contribution >= 0.6 is 0 Å². The van der Waals surface area contributed by atoms with Crippen LogP contribution in [0.2, 0.25) is 0 Å². The third-order valence-electron chi connectivity index (χ3n) is 15.8. The molecular weight excluding hydrogens is 955 g/mol. The Bertz CT molecular complexity index is 4280. The fourth-order valence-corrected chi connectivity index (χ4v) is 12.2. The predicted octanol–water partition coefficient (Wildman–Crippen LogP) is 19.3. The Morgan fingerprint density at radius 3 is 1.04 bits per heavy atom. The Morgan fingerprint density at radius 1 is 0.278 bits per heavy atom. The number of hydrogen-bond acceptors (Lipinski definition) is 3. The second-order valence-electron chi connectivity index (χ2n) is 20.4. The summed E-state index contributed by atoms with van der Waals surface area (Å²) in [7, 11) is 0. The van der Waals surface area contributed by atoms with Crippen LogP contribution in [0.15, 0.2) is 298 Å². The number of aromatic nitrogens is 3. The molecular formula is C76H51N3. The summed E-state index contributed by atoms with van der Waals surface area (Å²) in [5.41, 5.74) is 25.4. The molecule has 0 saturated heterocycles. The van der Waals surface area contributed by atoms with Crippen molar-refractivity contribution in [3.05, 3.63) is 326 Å². The molecule has 0 atom stereocenters. The molecule has 0 radical (unpaired) electrons. The van der Waals surface area contributed by atoms with Crippen LogP contribution in [0.25, 0.3) is 118 Å². The fourth-order valence-electron chi connectivity index (χ4n) is 12.2. The molecule has 0 bridgehead atoms. The number of nitrogens with zero attached hydrogens (tertiary/aromatic N) is 3. The topological polar surface area (TPSA) is 38.7 Å². The average molecular weight is 1010 g/mol. The molecule has 0 unspecified atom stereocenters. The monoisotopic (exact) mass is 1010 g/mol. The minimum Gasteiger partial charge on any atom is -0.208 e. The molecule has 1 spiro atoms. The van der Waals surface area contributed by atoms with Crippen LogP contribution in [-0.4, -0.2) is 15.0 Å². The summed E-state index contributed by atoms with van der Waals surface area (Å²) in [5, 5.41) is 0. The van der Waals surface area contributed by atoms with E-state index < -0.39 is 5.41 Å². The second-order valence-corrected chi connectivity index (χ2v) is 20.4. The number of rotatable bonds is 11. The van der Waals surface area contributed by atoms with E-state index in [1.807, 2.05) is 18.2 Å². The lowest BCUT2D eigenvalue weighted by Crippen LogP contribution is -2.25. The maximum atomic E-state index is 5.48. The maximum Gasteiger partial charge on any atom is 0.164 e. The molecule has 11 aromatic carbocycles. The van der Waals surface area contributed by atoms with Gasteiger partial charge in [-0.1, -0.05) is 244 Å². The molecule has 370 valence electrons. The van der Waals surface area contributed by atoms with Gasteiger partial charge in [0.05, 0.1) is 5.41 Å². The normalized spacial score (nSPS) is 12.6. The summed E-state index contributed by atoms with van der Waals surface area (Å²) in [5.74, 6) is 1.76. The molecule has 0 fully saturated rings. The summed E-state index contributed by atoms with van der Waals surface area (Å²) in [4.78, 5) is 16.4. The zero-order valence-electron chi connectivity index (χ0n) is 43.4. The van der Waals surface area contributed by atoms with Gasteiger partial charge in [-0.05, 0) is 166 Å². The quantitative estimate of drug-likeness (QED) is 0.121. The van der Waals surface area contributed by atoms with E-state index in [-0.39, 0.29) is 0 Å². The van der Waals surface area contributed by atoms with E-state index in [4.69, 9.17) is 15.0 Å². The minimum atomic E-state index is -0.525. The van der Waals surface area contributed by atoms with Gasteiger partial charge in [-0.2, -0.15) is 0 Å². The van der Waals surface area contributed by atoms with Gasteiger partial charge in [-0.15, -0.1) is 0 Å². The van der Waals surface area contributed by atoms with Crippen molar-refractivity contribution in [2.24, 2.45) is 0 Å². The van der Waals surface area contributed by atoms with Crippen LogP contribution in [0.3, 0.4) is 0 Å². The zero-order valence-corrected chi connectivity index (χ0v) is 43.4. The molecule has 12 aromatic rings. The molecule has 1 aromatic heterocycles. The summed E-state index contributed by atoms with van der Waals surface area (Å²) >= 11 is 0. The van der Waals surface area contributed by atoms with Gasteiger partial charge in [0.2, 0.25) is 0 Å². The van der Waals surface area contributed by atoms with Crippen molar-refractivity contribution in [3.8, 4) is 112 Å². The van der Waals surface area contributed by atoms with Crippen LogP contribution in [0, 0.1) is 0 Å². The zero-order chi connectivity index (χ0) is 52.9. The smallest absolute Gasteiger partial charge is 0.164 e. The van der Waals surface area contributed by atoms with Crippen LogP contribution in [0.1, 0.15) is 27.8 Å². The molecule has 1 heterocycles. The lowest BCUT2D eigenvalue weighted by Gasteiger charge is -2.30. The van der Waals surface area contributed by atoms with Crippen molar-refractivity contribution in [2.75, 3.05) is 0 Å². The first-order valence-corrected chi connectivity index (χ1v) is 26.9. The Kier molecular flexibility index (Phi) is 11.7. The molecule has 79 heavy (non-hydrogen) atoms. The second kappa shape index (κ2) is 19.7. The number of fused-ring (bicyclic) bond motifs is 10. The van der Waals surface area contributed by atoms with Crippen LogP contribution in [0.5, 0.6) is 0 Å². The maximum absolute atomic E-state index is 5.48. The van der Waals surface area contributed by atoms with Crippen molar-refractivity contribution in [1.82, 2.24) is 15.0 Å². The van der Waals surface area contributed by atoms with Gasteiger partial charge in [0.15, 0.2) is 17.5 Å². The van der Waals surface area contributed by atoms with E-state index in [1.54, 1.807) is 0 Å². The van der Waals surface area contributed by atoms with Crippen molar-refractivity contribution in [2.45, 2.75) is 5.41 Å².